The number of aliphatic hydroxyl groups is 1. The van der Waals surface area contributed by atoms with Gasteiger partial charge >= 0.3 is 0 Å². The fraction of sp³-hybridized carbons (Fsp3) is 0.450. The fourth-order valence-electron chi connectivity index (χ4n) is 2.83. The first-order valence-corrected chi connectivity index (χ1v) is 9.55. The van der Waals surface area contributed by atoms with Crippen molar-refractivity contribution in [2.75, 3.05) is 30.0 Å². The van der Waals surface area contributed by atoms with Gasteiger partial charge in [0, 0.05) is 24.8 Å². The van der Waals surface area contributed by atoms with Crippen LogP contribution in [-0.2, 0) is 6.54 Å². The molecule has 0 saturated heterocycles. The molecule has 0 aliphatic heterocycles. The average molecular weight is 399 g/mol. The molecule has 29 heavy (non-hydrogen) atoms. The Morgan fingerprint density at radius 2 is 2.00 bits per heavy atom. The topological polar surface area (TPSA) is 123 Å². The molecule has 156 valence electrons. The summed E-state index contributed by atoms with van der Waals surface area (Å²) in [6.07, 6.45) is 1.76. The van der Waals surface area contributed by atoms with E-state index in [1.807, 2.05) is 22.8 Å². The first-order chi connectivity index (χ1) is 13.7. The average Bonchev–Trinajstić information content (AvgIpc) is 3.09. The molecule has 5 N–H and O–H groups in total. The molecule has 0 saturated carbocycles. The first-order valence-electron chi connectivity index (χ1n) is 9.55. The Morgan fingerprint density at radius 1 is 1.24 bits per heavy atom. The Bertz CT molecular complexity index is 992. The van der Waals surface area contributed by atoms with Gasteiger partial charge < -0.3 is 30.8 Å². The maximum absolute atomic E-state index is 10.0. The molecule has 0 radical (unpaired) electrons. The van der Waals surface area contributed by atoms with Gasteiger partial charge in [0.05, 0.1) is 19.0 Å². The normalized spacial score (nSPS) is 11.8. The van der Waals surface area contributed by atoms with Crippen LogP contribution in [0.25, 0.3) is 11.2 Å². The number of hydrogen-bond donors (Lipinski definition) is 4. The Labute approximate surface area is 170 Å². The molecule has 3 rings (SSSR count). The van der Waals surface area contributed by atoms with Crippen molar-refractivity contribution in [2.45, 2.75) is 45.9 Å². The van der Waals surface area contributed by atoms with Gasteiger partial charge in [0.25, 0.3) is 0 Å². The number of nitrogen functional groups attached to an aromatic ring is 1. The minimum Gasteiger partial charge on any atom is -0.497 e. The van der Waals surface area contributed by atoms with Crippen LogP contribution in [0.15, 0.2) is 24.5 Å². The van der Waals surface area contributed by atoms with Crippen molar-refractivity contribution < 1.29 is 9.84 Å². The zero-order valence-corrected chi connectivity index (χ0v) is 17.5. The zero-order chi connectivity index (χ0) is 21.2. The third-order valence-electron chi connectivity index (χ3n) is 4.45. The summed E-state index contributed by atoms with van der Waals surface area (Å²) in [5, 5.41) is 16.4. The van der Waals surface area contributed by atoms with E-state index < -0.39 is 5.60 Å². The summed E-state index contributed by atoms with van der Waals surface area (Å²) in [7, 11) is 1.62. The van der Waals surface area contributed by atoms with Crippen LogP contribution in [0.5, 0.6) is 5.75 Å². The summed E-state index contributed by atoms with van der Waals surface area (Å²) >= 11 is 0. The summed E-state index contributed by atoms with van der Waals surface area (Å²) in [5.41, 5.74) is 8.16. The minimum absolute atomic E-state index is 0.193. The van der Waals surface area contributed by atoms with Crippen LogP contribution in [0.4, 0.5) is 17.5 Å². The van der Waals surface area contributed by atoms with E-state index in [9.17, 15) is 5.11 Å². The van der Waals surface area contributed by atoms with E-state index in [4.69, 9.17) is 10.5 Å². The van der Waals surface area contributed by atoms with Gasteiger partial charge in [-0.3, -0.25) is 0 Å². The number of nitrogens with one attached hydrogen (secondary N) is 2. The second-order valence-electron chi connectivity index (χ2n) is 7.90. The monoisotopic (exact) mass is 399 g/mol. The van der Waals surface area contributed by atoms with Crippen molar-refractivity contribution in [1.82, 2.24) is 19.5 Å². The van der Waals surface area contributed by atoms with Gasteiger partial charge in [-0.15, -0.1) is 0 Å². The smallest absolute Gasteiger partial charge is 0.226 e. The van der Waals surface area contributed by atoms with Crippen molar-refractivity contribution in [2.24, 2.45) is 0 Å². The lowest BCUT2D eigenvalue weighted by Gasteiger charge is -2.18. The molecule has 0 bridgehead atoms. The van der Waals surface area contributed by atoms with Gasteiger partial charge in [-0.05, 0) is 51.5 Å². The van der Waals surface area contributed by atoms with Gasteiger partial charge in [0.15, 0.2) is 17.0 Å². The van der Waals surface area contributed by atoms with Crippen molar-refractivity contribution in [3.8, 4) is 5.75 Å². The molecule has 0 unspecified atom stereocenters. The molecule has 0 aliphatic carbocycles. The molecule has 2 aromatic heterocycles. The van der Waals surface area contributed by atoms with E-state index in [2.05, 4.69) is 39.4 Å². The van der Waals surface area contributed by atoms with Crippen LogP contribution in [0.1, 0.15) is 39.3 Å². The molecular weight excluding hydrogens is 370 g/mol. The number of nitrogens with zero attached hydrogens (tertiary/aromatic N) is 4. The number of ether oxygens (including phenoxy) is 1. The SMILES string of the molecule is COc1ccc(N)c(CNc2nc(NCC(C)(C)O)nc3c2ncn3C(C)C)c1. The maximum Gasteiger partial charge on any atom is 0.226 e. The molecule has 9 nitrogen and oxygen atoms in total. The standard InChI is InChI=1S/C20H29N7O2/c1-12(2)27-11-24-16-17(22-9-13-8-14(29-5)6-7-15(13)21)25-19(26-18(16)27)23-10-20(3,4)28/h6-8,11-12,28H,9-10,21H2,1-5H3,(H2,22,23,25,26). The Hall–Kier alpha value is -3.07. The third-order valence-corrected chi connectivity index (χ3v) is 4.45. The van der Waals surface area contributed by atoms with Gasteiger partial charge in [-0.1, -0.05) is 0 Å². The quantitative estimate of drug-likeness (QED) is 0.426. The number of rotatable bonds is 8. The largest absolute Gasteiger partial charge is 0.497 e. The van der Waals surface area contributed by atoms with Crippen molar-refractivity contribution >= 4 is 28.6 Å². The van der Waals surface area contributed by atoms with Gasteiger partial charge in [-0.25, -0.2) is 4.98 Å². The van der Waals surface area contributed by atoms with E-state index in [1.165, 1.54) is 0 Å². The summed E-state index contributed by atoms with van der Waals surface area (Å²) in [6, 6.07) is 5.72. The van der Waals surface area contributed by atoms with E-state index in [-0.39, 0.29) is 6.04 Å². The molecule has 0 fully saturated rings. The first kappa shape index (κ1) is 20.7. The van der Waals surface area contributed by atoms with E-state index in [0.29, 0.717) is 36.1 Å². The molecule has 0 aliphatic rings. The number of anilines is 3. The molecule has 3 aromatic rings. The fourth-order valence-corrected chi connectivity index (χ4v) is 2.83. The number of benzene rings is 1. The van der Waals surface area contributed by atoms with Gasteiger partial charge in [-0.2, -0.15) is 9.97 Å². The summed E-state index contributed by atoms with van der Waals surface area (Å²) in [5.74, 6) is 1.75. The second-order valence-corrected chi connectivity index (χ2v) is 7.90. The summed E-state index contributed by atoms with van der Waals surface area (Å²) in [6.45, 7) is 8.35. The van der Waals surface area contributed by atoms with Crippen LogP contribution < -0.4 is 21.1 Å². The number of methoxy groups -OCH3 is 1. The molecule has 0 atom stereocenters. The highest BCUT2D eigenvalue weighted by Gasteiger charge is 2.17. The lowest BCUT2D eigenvalue weighted by atomic mass is 10.1. The number of fused-ring (bicyclic) bond motifs is 1. The summed E-state index contributed by atoms with van der Waals surface area (Å²) < 4.78 is 7.27. The lowest BCUT2D eigenvalue weighted by molar-refractivity contribution is 0.0943. The maximum atomic E-state index is 10.0. The Balaban J connectivity index is 1.95. The van der Waals surface area contributed by atoms with Gasteiger partial charge in [0.1, 0.15) is 5.75 Å². The second kappa shape index (κ2) is 8.12. The van der Waals surface area contributed by atoms with E-state index in [1.54, 1.807) is 27.3 Å². The highest BCUT2D eigenvalue weighted by molar-refractivity contribution is 5.84. The summed E-state index contributed by atoms with van der Waals surface area (Å²) in [4.78, 5) is 13.7. The van der Waals surface area contributed by atoms with Crippen molar-refractivity contribution in [3.63, 3.8) is 0 Å². The third kappa shape index (κ3) is 4.86. The molecule has 0 spiro atoms. The number of nitrogens with two attached hydrogens (primary N) is 1. The van der Waals surface area contributed by atoms with Crippen LogP contribution in [-0.4, -0.2) is 43.9 Å². The molecule has 2 heterocycles. The minimum atomic E-state index is -0.890. The highest BCUT2D eigenvalue weighted by Crippen LogP contribution is 2.25. The van der Waals surface area contributed by atoms with Crippen LogP contribution >= 0.6 is 0 Å². The molecule has 1 aromatic carbocycles. The Kier molecular flexibility index (Phi) is 5.78. The van der Waals surface area contributed by atoms with E-state index >= 15 is 0 Å². The number of aromatic nitrogens is 4. The molecule has 0 amide bonds. The van der Waals surface area contributed by atoms with Crippen LogP contribution in [0.2, 0.25) is 0 Å². The zero-order valence-electron chi connectivity index (χ0n) is 17.5. The highest BCUT2D eigenvalue weighted by atomic mass is 16.5. The van der Waals surface area contributed by atoms with Crippen molar-refractivity contribution in [1.29, 1.82) is 0 Å². The van der Waals surface area contributed by atoms with Gasteiger partial charge in [0.2, 0.25) is 5.95 Å². The predicted molar refractivity (Wildman–Crippen MR) is 115 cm³/mol. The van der Waals surface area contributed by atoms with E-state index in [0.717, 1.165) is 17.0 Å². The number of hydrogen-bond acceptors (Lipinski definition) is 8. The van der Waals surface area contributed by atoms with Crippen LogP contribution in [0.3, 0.4) is 0 Å². The van der Waals surface area contributed by atoms with Crippen molar-refractivity contribution in [3.05, 3.63) is 30.1 Å². The Morgan fingerprint density at radius 3 is 2.66 bits per heavy atom. The molecule has 9 heteroatoms. The lowest BCUT2D eigenvalue weighted by Crippen LogP contribution is -2.30. The predicted octanol–water partition coefficient (Wildman–Crippen LogP) is 2.79. The number of imidazole rings is 1. The van der Waals surface area contributed by atoms with Crippen LogP contribution in [0, 0.1) is 0 Å². The molecular formula is C20H29N7O2.